The number of hydroxylamine groups is 2. The van der Waals surface area contributed by atoms with Gasteiger partial charge in [0.25, 0.3) is 0 Å². The normalized spacial score (nSPS) is 33.6. The van der Waals surface area contributed by atoms with E-state index in [4.69, 9.17) is 9.68 Å². The third kappa shape index (κ3) is 1.39. The topological polar surface area (TPSA) is 21.7 Å². The summed E-state index contributed by atoms with van der Waals surface area (Å²) >= 11 is 0. The fourth-order valence-electron chi connectivity index (χ4n) is 2.77. The fraction of sp³-hybridized carbons (Fsp3) is 0.538. The summed E-state index contributed by atoms with van der Waals surface area (Å²) in [4.78, 5) is 11.3. The third-order valence-corrected chi connectivity index (χ3v) is 3.64. The lowest BCUT2D eigenvalue weighted by atomic mass is 9.85. The number of nitrogens with zero attached hydrogens (tertiary/aromatic N) is 1. The van der Waals surface area contributed by atoms with Gasteiger partial charge in [-0.15, -0.1) is 0 Å². The number of benzene rings is 1. The van der Waals surface area contributed by atoms with Gasteiger partial charge in [-0.3, -0.25) is 9.68 Å². The van der Waals surface area contributed by atoms with E-state index in [2.05, 4.69) is 32.0 Å². The summed E-state index contributed by atoms with van der Waals surface area (Å²) in [5.74, 6) is 0. The van der Waals surface area contributed by atoms with Gasteiger partial charge in [0.2, 0.25) is 0 Å². The molecule has 86 valence electrons. The van der Waals surface area contributed by atoms with Crippen molar-refractivity contribution in [3.05, 3.63) is 34.9 Å². The van der Waals surface area contributed by atoms with Crippen molar-refractivity contribution in [3.8, 4) is 0 Å². The molecule has 0 amide bonds. The molecule has 16 heavy (non-hydrogen) atoms. The monoisotopic (exact) mass is 219 g/mol. The Bertz CT molecular complexity index is 432. The Morgan fingerprint density at radius 2 is 2.25 bits per heavy atom. The Morgan fingerprint density at radius 3 is 3.06 bits per heavy atom. The lowest BCUT2D eigenvalue weighted by Crippen LogP contribution is -2.41. The highest BCUT2D eigenvalue weighted by atomic mass is 17.0. The van der Waals surface area contributed by atoms with Gasteiger partial charge in [0.1, 0.15) is 6.10 Å². The Morgan fingerprint density at radius 1 is 1.44 bits per heavy atom. The first-order chi connectivity index (χ1) is 7.58. The molecule has 2 aliphatic rings. The second kappa shape index (κ2) is 3.29. The number of rotatable bonds is 0. The summed E-state index contributed by atoms with van der Waals surface area (Å²) in [5.41, 5.74) is 4.13. The first-order valence-electron chi connectivity index (χ1n) is 5.71. The molecule has 1 aromatic carbocycles. The van der Waals surface area contributed by atoms with Crippen LogP contribution >= 0.6 is 0 Å². The highest BCUT2D eigenvalue weighted by Crippen LogP contribution is 2.50. The largest absolute Gasteiger partial charge is 0.274 e. The molecule has 0 bridgehead atoms. The predicted octanol–water partition coefficient (Wildman–Crippen LogP) is 2.41. The van der Waals surface area contributed by atoms with Crippen molar-refractivity contribution in [2.75, 3.05) is 13.7 Å². The van der Waals surface area contributed by atoms with E-state index in [-0.39, 0.29) is 11.5 Å². The first kappa shape index (κ1) is 10.3. The van der Waals surface area contributed by atoms with Crippen LogP contribution in [0, 0.1) is 12.3 Å². The molecule has 1 fully saturated rings. The van der Waals surface area contributed by atoms with E-state index in [1.165, 1.54) is 21.9 Å². The highest BCUT2D eigenvalue weighted by molar-refractivity contribution is 5.39. The van der Waals surface area contributed by atoms with Crippen LogP contribution in [0.5, 0.6) is 0 Å². The fourth-order valence-corrected chi connectivity index (χ4v) is 2.77. The van der Waals surface area contributed by atoms with Crippen molar-refractivity contribution < 1.29 is 9.68 Å². The Balaban J connectivity index is 2.04. The van der Waals surface area contributed by atoms with Crippen LogP contribution in [0.4, 0.5) is 0 Å². The van der Waals surface area contributed by atoms with Gasteiger partial charge >= 0.3 is 0 Å². The molecule has 3 nitrogen and oxygen atoms in total. The van der Waals surface area contributed by atoms with Crippen LogP contribution in [0.3, 0.4) is 0 Å². The molecule has 3 heteroatoms. The zero-order valence-electron chi connectivity index (χ0n) is 9.99. The molecule has 0 aromatic heterocycles. The van der Waals surface area contributed by atoms with Crippen molar-refractivity contribution in [1.29, 1.82) is 0 Å². The van der Waals surface area contributed by atoms with Crippen LogP contribution in [-0.2, 0) is 16.1 Å². The maximum absolute atomic E-state index is 5.79. The Hall–Kier alpha value is -0.900. The van der Waals surface area contributed by atoms with Gasteiger partial charge in [-0.05, 0) is 24.5 Å². The standard InChI is InChI=1S/C13H17NO2/c1-9-4-5-11-10(6-9)7-13(2)8-15-14(3)16-12(11)13/h4-6,12H,7-8H2,1-3H3. The zero-order valence-corrected chi connectivity index (χ0v) is 9.99. The van der Waals surface area contributed by atoms with Crippen LogP contribution < -0.4 is 0 Å². The number of fused-ring (bicyclic) bond motifs is 3. The summed E-state index contributed by atoms with van der Waals surface area (Å²) in [5, 5.41) is 1.49. The van der Waals surface area contributed by atoms with Crippen LogP contribution in [-0.4, -0.2) is 18.9 Å². The average molecular weight is 219 g/mol. The minimum absolute atomic E-state index is 0.0859. The van der Waals surface area contributed by atoms with Crippen LogP contribution in [0.25, 0.3) is 0 Å². The maximum atomic E-state index is 5.79. The van der Waals surface area contributed by atoms with E-state index in [9.17, 15) is 0 Å². The van der Waals surface area contributed by atoms with Crippen molar-refractivity contribution in [1.82, 2.24) is 5.23 Å². The molecule has 2 atom stereocenters. The van der Waals surface area contributed by atoms with E-state index in [1.54, 1.807) is 0 Å². The van der Waals surface area contributed by atoms with E-state index in [0.29, 0.717) is 0 Å². The molecular weight excluding hydrogens is 202 g/mol. The van der Waals surface area contributed by atoms with E-state index in [0.717, 1.165) is 13.0 Å². The highest BCUT2D eigenvalue weighted by Gasteiger charge is 2.47. The van der Waals surface area contributed by atoms with Gasteiger partial charge in [-0.2, -0.15) is 0 Å². The smallest absolute Gasteiger partial charge is 0.115 e. The molecular formula is C13H17NO2. The number of hydrogen-bond donors (Lipinski definition) is 0. The molecule has 0 saturated carbocycles. The SMILES string of the molecule is Cc1ccc2c(c1)CC1(C)CON(C)OC21. The molecule has 0 N–H and O–H groups in total. The molecule has 1 aliphatic carbocycles. The van der Waals surface area contributed by atoms with Gasteiger partial charge in [0.05, 0.1) is 6.61 Å². The lowest BCUT2D eigenvalue weighted by Gasteiger charge is -2.39. The number of aryl methyl sites for hydroxylation is 1. The average Bonchev–Trinajstić information content (AvgIpc) is 2.50. The molecule has 1 saturated heterocycles. The molecule has 0 radical (unpaired) electrons. The minimum atomic E-state index is 0.0859. The second-order valence-electron chi connectivity index (χ2n) is 5.23. The third-order valence-electron chi connectivity index (χ3n) is 3.64. The van der Waals surface area contributed by atoms with E-state index >= 15 is 0 Å². The van der Waals surface area contributed by atoms with Gasteiger partial charge in [0.15, 0.2) is 0 Å². The second-order valence-corrected chi connectivity index (χ2v) is 5.23. The molecule has 1 heterocycles. The van der Waals surface area contributed by atoms with E-state index < -0.39 is 0 Å². The summed E-state index contributed by atoms with van der Waals surface area (Å²) in [6.45, 7) is 5.09. The summed E-state index contributed by atoms with van der Waals surface area (Å²) in [6.07, 6.45) is 1.18. The van der Waals surface area contributed by atoms with Crippen molar-refractivity contribution in [2.24, 2.45) is 5.41 Å². The first-order valence-corrected chi connectivity index (χ1v) is 5.71. The summed E-state index contributed by atoms with van der Waals surface area (Å²) < 4.78 is 0. The predicted molar refractivity (Wildman–Crippen MR) is 60.5 cm³/mol. The summed E-state index contributed by atoms with van der Waals surface area (Å²) in [6, 6.07) is 6.62. The molecule has 3 rings (SSSR count). The van der Waals surface area contributed by atoms with Gasteiger partial charge in [-0.25, -0.2) is 0 Å². The maximum Gasteiger partial charge on any atom is 0.115 e. The van der Waals surface area contributed by atoms with Gasteiger partial charge in [0, 0.05) is 12.5 Å². The lowest BCUT2D eigenvalue weighted by molar-refractivity contribution is -0.430. The Kier molecular flexibility index (Phi) is 2.11. The Labute approximate surface area is 95.9 Å². The van der Waals surface area contributed by atoms with Crippen LogP contribution in [0.2, 0.25) is 0 Å². The van der Waals surface area contributed by atoms with Gasteiger partial charge < -0.3 is 0 Å². The molecule has 1 aliphatic heterocycles. The zero-order chi connectivity index (χ0) is 11.3. The van der Waals surface area contributed by atoms with Gasteiger partial charge in [-0.1, -0.05) is 35.9 Å². The van der Waals surface area contributed by atoms with Crippen LogP contribution in [0.1, 0.15) is 29.7 Å². The van der Waals surface area contributed by atoms with Crippen LogP contribution in [0.15, 0.2) is 18.2 Å². The summed E-state index contributed by atoms with van der Waals surface area (Å²) in [7, 11) is 1.81. The van der Waals surface area contributed by atoms with Crippen molar-refractivity contribution >= 4 is 0 Å². The van der Waals surface area contributed by atoms with Crippen molar-refractivity contribution in [3.63, 3.8) is 0 Å². The van der Waals surface area contributed by atoms with Crippen molar-refractivity contribution in [2.45, 2.75) is 26.4 Å². The molecule has 0 spiro atoms. The quantitative estimate of drug-likeness (QED) is 0.669. The van der Waals surface area contributed by atoms with E-state index in [1.807, 2.05) is 7.05 Å². The number of hydrogen-bond acceptors (Lipinski definition) is 3. The molecule has 2 unspecified atom stereocenters. The molecule has 1 aromatic rings. The minimum Gasteiger partial charge on any atom is -0.274 e.